The van der Waals surface area contributed by atoms with Crippen LogP contribution in [0, 0.1) is 13.8 Å². The zero-order valence-corrected chi connectivity index (χ0v) is 16.1. The number of rotatable bonds is 8. The summed E-state index contributed by atoms with van der Waals surface area (Å²) in [5, 5.41) is 0. The first-order valence-electron chi connectivity index (χ1n) is 8.64. The Morgan fingerprint density at radius 2 is 1.19 bits per heavy atom. The zero-order valence-electron chi connectivity index (χ0n) is 16.1. The summed E-state index contributed by atoms with van der Waals surface area (Å²) >= 11 is 0. The molecule has 0 saturated heterocycles. The predicted octanol–water partition coefficient (Wildman–Crippen LogP) is 4.58. The van der Waals surface area contributed by atoms with E-state index in [9.17, 15) is 9.59 Å². The smallest absolute Gasteiger partial charge is 0.163 e. The Kier molecular flexibility index (Phi) is 7.12. The molecule has 0 radical (unpaired) electrons. The molecule has 0 N–H and O–H groups in total. The number of methoxy groups -OCH3 is 2. The van der Waals surface area contributed by atoms with E-state index in [2.05, 4.69) is 0 Å². The molecule has 2 aromatic rings. The highest BCUT2D eigenvalue weighted by molar-refractivity contribution is 6.10. The van der Waals surface area contributed by atoms with E-state index in [1.54, 1.807) is 26.4 Å². The van der Waals surface area contributed by atoms with Gasteiger partial charge in [-0.2, -0.15) is 0 Å². The molecule has 0 bridgehead atoms. The van der Waals surface area contributed by atoms with Crippen molar-refractivity contribution < 1.29 is 19.1 Å². The molecule has 0 unspecified atom stereocenters. The van der Waals surface area contributed by atoms with Gasteiger partial charge >= 0.3 is 0 Å². The van der Waals surface area contributed by atoms with Gasteiger partial charge in [0.15, 0.2) is 11.6 Å². The van der Waals surface area contributed by atoms with Crippen LogP contribution in [0.1, 0.15) is 28.7 Å². The molecule has 0 atom stereocenters. The number of ketones is 2. The summed E-state index contributed by atoms with van der Waals surface area (Å²) in [6, 6.07) is 11.3. The van der Waals surface area contributed by atoms with Crippen molar-refractivity contribution in [1.82, 2.24) is 0 Å². The number of ether oxygens (including phenoxy) is 2. The number of hydrogen-bond donors (Lipinski definition) is 0. The number of hydrogen-bond acceptors (Lipinski definition) is 4. The van der Waals surface area contributed by atoms with Crippen LogP contribution < -0.4 is 9.47 Å². The van der Waals surface area contributed by atoms with Gasteiger partial charge < -0.3 is 9.47 Å². The maximum absolute atomic E-state index is 12.0. The first-order valence-corrected chi connectivity index (χ1v) is 8.64. The Morgan fingerprint density at radius 3 is 1.56 bits per heavy atom. The molecule has 0 aliphatic carbocycles. The predicted molar refractivity (Wildman–Crippen MR) is 108 cm³/mol. The minimum atomic E-state index is -0.245. The second kappa shape index (κ2) is 9.53. The molecule has 2 rings (SSSR count). The van der Waals surface area contributed by atoms with Crippen LogP contribution in [0.3, 0.4) is 0 Å². The van der Waals surface area contributed by atoms with Crippen LogP contribution in [0.2, 0.25) is 0 Å². The number of carbonyl (C=O) groups excluding carboxylic acids is 2. The monoisotopic (exact) mass is 364 g/mol. The van der Waals surface area contributed by atoms with Crippen molar-refractivity contribution in [3.63, 3.8) is 0 Å². The molecule has 0 aromatic heterocycles. The van der Waals surface area contributed by atoms with E-state index >= 15 is 0 Å². The van der Waals surface area contributed by atoms with Crippen molar-refractivity contribution in [2.24, 2.45) is 0 Å². The van der Waals surface area contributed by atoms with E-state index in [-0.39, 0.29) is 18.0 Å². The fourth-order valence-corrected chi connectivity index (χ4v) is 2.55. The molecule has 0 aliphatic heterocycles. The third kappa shape index (κ3) is 5.96. The second-order valence-corrected chi connectivity index (χ2v) is 6.23. The largest absolute Gasteiger partial charge is 0.496 e. The maximum Gasteiger partial charge on any atom is 0.163 e. The topological polar surface area (TPSA) is 52.6 Å². The second-order valence-electron chi connectivity index (χ2n) is 6.23. The van der Waals surface area contributed by atoms with Crippen molar-refractivity contribution in [3.05, 3.63) is 70.8 Å². The first kappa shape index (κ1) is 20.2. The minimum Gasteiger partial charge on any atom is -0.496 e. The van der Waals surface area contributed by atoms with Crippen LogP contribution >= 0.6 is 0 Å². The van der Waals surface area contributed by atoms with Gasteiger partial charge in [0.25, 0.3) is 0 Å². The lowest BCUT2D eigenvalue weighted by molar-refractivity contribution is -0.121. The maximum atomic E-state index is 12.0. The van der Waals surface area contributed by atoms with Crippen LogP contribution in [-0.4, -0.2) is 25.8 Å². The molecule has 0 aliphatic rings. The standard InChI is InChI=1S/C23H24O4/c1-16-5-7-18(13-22(16)26-3)9-11-20(24)15-21(25)12-10-19-8-6-17(2)23(14-19)27-4/h5-14H,15H2,1-4H3. The Morgan fingerprint density at radius 1 is 0.778 bits per heavy atom. The van der Waals surface area contributed by atoms with Crippen LogP contribution in [0.5, 0.6) is 11.5 Å². The van der Waals surface area contributed by atoms with E-state index in [4.69, 9.17) is 9.47 Å². The van der Waals surface area contributed by atoms with Gasteiger partial charge in [-0.1, -0.05) is 36.4 Å². The van der Waals surface area contributed by atoms with Gasteiger partial charge in [0.2, 0.25) is 0 Å². The van der Waals surface area contributed by atoms with E-state index in [1.165, 1.54) is 12.2 Å². The molecule has 0 saturated carbocycles. The number of benzene rings is 2. The zero-order chi connectivity index (χ0) is 19.8. The van der Waals surface area contributed by atoms with E-state index in [1.807, 2.05) is 50.2 Å². The molecule has 4 nitrogen and oxygen atoms in total. The molecular weight excluding hydrogens is 340 g/mol. The molecule has 0 heterocycles. The summed E-state index contributed by atoms with van der Waals surface area (Å²) in [7, 11) is 3.21. The average molecular weight is 364 g/mol. The molecular formula is C23H24O4. The molecule has 140 valence electrons. The van der Waals surface area contributed by atoms with Gasteiger partial charge in [-0.15, -0.1) is 0 Å². The van der Waals surface area contributed by atoms with Crippen LogP contribution in [0.4, 0.5) is 0 Å². The lowest BCUT2D eigenvalue weighted by Gasteiger charge is -2.05. The fraction of sp³-hybridized carbons (Fsp3) is 0.217. The number of carbonyl (C=O) groups is 2. The Balaban J connectivity index is 1.96. The lowest BCUT2D eigenvalue weighted by Crippen LogP contribution is -2.02. The van der Waals surface area contributed by atoms with Gasteiger partial charge in [-0.3, -0.25) is 9.59 Å². The number of allylic oxidation sites excluding steroid dienone is 2. The van der Waals surface area contributed by atoms with Crippen molar-refractivity contribution in [2.45, 2.75) is 20.3 Å². The van der Waals surface area contributed by atoms with Crippen molar-refractivity contribution >= 4 is 23.7 Å². The van der Waals surface area contributed by atoms with Crippen LogP contribution in [0.25, 0.3) is 12.2 Å². The molecule has 0 spiro atoms. The Labute approximate surface area is 160 Å². The van der Waals surface area contributed by atoms with Crippen molar-refractivity contribution in [1.29, 1.82) is 0 Å². The minimum absolute atomic E-state index is 0.168. The average Bonchev–Trinajstić information content (AvgIpc) is 2.66. The molecule has 0 amide bonds. The Hall–Kier alpha value is -3.14. The summed E-state index contributed by atoms with van der Waals surface area (Å²) < 4.78 is 10.5. The normalized spacial score (nSPS) is 11.1. The molecule has 4 heteroatoms. The highest BCUT2D eigenvalue weighted by Crippen LogP contribution is 2.20. The quantitative estimate of drug-likeness (QED) is 0.508. The SMILES string of the molecule is COc1cc(C=CC(=O)CC(=O)C=Cc2ccc(C)c(OC)c2)ccc1C. The third-order valence-electron chi connectivity index (χ3n) is 4.14. The highest BCUT2D eigenvalue weighted by atomic mass is 16.5. The van der Waals surface area contributed by atoms with Gasteiger partial charge in [0.1, 0.15) is 11.5 Å². The third-order valence-corrected chi connectivity index (χ3v) is 4.14. The lowest BCUT2D eigenvalue weighted by atomic mass is 10.1. The molecule has 27 heavy (non-hydrogen) atoms. The molecule has 0 fully saturated rings. The highest BCUT2D eigenvalue weighted by Gasteiger charge is 2.05. The van der Waals surface area contributed by atoms with Gasteiger partial charge in [-0.05, 0) is 60.4 Å². The van der Waals surface area contributed by atoms with Gasteiger partial charge in [-0.25, -0.2) is 0 Å². The van der Waals surface area contributed by atoms with Gasteiger partial charge in [0, 0.05) is 0 Å². The van der Waals surface area contributed by atoms with Crippen LogP contribution in [0.15, 0.2) is 48.6 Å². The first-order chi connectivity index (χ1) is 12.9. The van der Waals surface area contributed by atoms with Crippen molar-refractivity contribution in [3.8, 4) is 11.5 Å². The van der Waals surface area contributed by atoms with Gasteiger partial charge in [0.05, 0.1) is 20.6 Å². The summed E-state index contributed by atoms with van der Waals surface area (Å²) in [4.78, 5) is 24.0. The summed E-state index contributed by atoms with van der Waals surface area (Å²) in [6.07, 6.45) is 6.05. The summed E-state index contributed by atoms with van der Waals surface area (Å²) in [6.45, 7) is 3.90. The fourth-order valence-electron chi connectivity index (χ4n) is 2.55. The van der Waals surface area contributed by atoms with E-state index in [0.29, 0.717) is 0 Å². The summed E-state index contributed by atoms with van der Waals surface area (Å²) in [5.41, 5.74) is 3.74. The van der Waals surface area contributed by atoms with Crippen molar-refractivity contribution in [2.75, 3.05) is 14.2 Å². The molecule has 2 aromatic carbocycles. The van der Waals surface area contributed by atoms with Crippen LogP contribution in [-0.2, 0) is 9.59 Å². The number of aryl methyl sites for hydroxylation is 2. The van der Waals surface area contributed by atoms with E-state index < -0.39 is 0 Å². The summed E-state index contributed by atoms with van der Waals surface area (Å²) in [5.74, 6) is 1.03. The van der Waals surface area contributed by atoms with E-state index in [0.717, 1.165) is 33.8 Å². The Bertz CT molecular complexity index is 818.